The fourth-order valence-electron chi connectivity index (χ4n) is 1.43. The molecule has 1 radical (unpaired) electrons. The summed E-state index contributed by atoms with van der Waals surface area (Å²) in [4.78, 5) is 0. The Hall–Kier alpha value is -1.51. The van der Waals surface area contributed by atoms with Crippen molar-refractivity contribution < 1.29 is 4.65 Å². The predicted molar refractivity (Wildman–Crippen MR) is 54.3 cm³/mol. The van der Waals surface area contributed by atoms with Crippen LogP contribution in [0.15, 0.2) is 24.3 Å². The Balaban J connectivity index is 2.41. The lowest BCUT2D eigenvalue weighted by Crippen LogP contribution is -1.93. The van der Waals surface area contributed by atoms with E-state index in [9.17, 15) is 0 Å². The number of allylic oxidation sites excluding steroid dienone is 1. The van der Waals surface area contributed by atoms with Crippen molar-refractivity contribution in [3.63, 3.8) is 0 Å². The van der Waals surface area contributed by atoms with Gasteiger partial charge in [0.1, 0.15) is 5.75 Å². The Morgan fingerprint density at radius 3 is 3.23 bits per heavy atom. The highest BCUT2D eigenvalue weighted by Gasteiger charge is 2.15. The van der Waals surface area contributed by atoms with E-state index in [0.717, 1.165) is 17.6 Å². The molecule has 0 saturated heterocycles. The van der Waals surface area contributed by atoms with Crippen molar-refractivity contribution in [3.8, 4) is 5.75 Å². The molecule has 0 aliphatic carbocycles. The maximum atomic E-state index is 6.90. The van der Waals surface area contributed by atoms with Gasteiger partial charge in [0.05, 0.1) is 0 Å². The van der Waals surface area contributed by atoms with E-state index in [1.807, 2.05) is 24.3 Å². The Morgan fingerprint density at radius 2 is 2.38 bits per heavy atom. The maximum absolute atomic E-state index is 6.90. The molecule has 0 unspecified atom stereocenters. The number of hydrogen-bond donors (Lipinski definition) is 1. The van der Waals surface area contributed by atoms with Crippen LogP contribution in [0.25, 0.3) is 6.08 Å². The van der Waals surface area contributed by atoms with E-state index in [4.69, 9.17) is 10.1 Å². The van der Waals surface area contributed by atoms with Crippen LogP contribution in [0.1, 0.15) is 11.1 Å². The van der Waals surface area contributed by atoms with Gasteiger partial charge in [0.25, 0.3) is 0 Å². The Bertz CT molecular complexity index is 360. The lowest BCUT2D eigenvalue weighted by molar-refractivity contribution is 0.614. The smallest absolute Gasteiger partial charge is 0.374 e. The van der Waals surface area contributed by atoms with Gasteiger partial charge in [-0.3, -0.25) is 0 Å². The van der Waals surface area contributed by atoms with Crippen molar-refractivity contribution in [2.45, 2.75) is 6.32 Å². The van der Waals surface area contributed by atoms with Gasteiger partial charge in [-0.25, -0.2) is 0 Å². The van der Waals surface area contributed by atoms with Crippen molar-refractivity contribution in [1.29, 1.82) is 5.41 Å². The molecule has 0 saturated carbocycles. The van der Waals surface area contributed by atoms with Gasteiger partial charge in [-0.05, 0) is 29.6 Å². The summed E-state index contributed by atoms with van der Waals surface area (Å²) in [5, 5.41) is 6.90. The molecule has 0 aromatic heterocycles. The summed E-state index contributed by atoms with van der Waals surface area (Å²) >= 11 is 0. The van der Waals surface area contributed by atoms with Gasteiger partial charge in [0, 0.05) is 6.21 Å². The molecular weight excluding hydrogens is 161 g/mol. The van der Waals surface area contributed by atoms with Crippen LogP contribution < -0.4 is 4.65 Å². The minimum atomic E-state index is 0.855. The second-order valence-electron chi connectivity index (χ2n) is 2.84. The highest BCUT2D eigenvalue weighted by molar-refractivity contribution is 6.30. The molecule has 0 amide bonds. The van der Waals surface area contributed by atoms with E-state index in [1.54, 1.807) is 13.6 Å². The van der Waals surface area contributed by atoms with Gasteiger partial charge in [-0.15, -0.1) is 0 Å². The minimum absolute atomic E-state index is 0.855. The van der Waals surface area contributed by atoms with Crippen LogP contribution in [0, 0.1) is 5.41 Å². The first-order valence-corrected chi connectivity index (χ1v) is 4.19. The first-order chi connectivity index (χ1) is 6.42. The van der Waals surface area contributed by atoms with E-state index in [-0.39, 0.29) is 0 Å². The van der Waals surface area contributed by atoms with Gasteiger partial charge in [0.2, 0.25) is 0 Å². The van der Waals surface area contributed by atoms with Crippen LogP contribution in [-0.4, -0.2) is 13.7 Å². The molecule has 2 nitrogen and oxygen atoms in total. The molecule has 2 rings (SSSR count). The molecule has 0 spiro atoms. The predicted octanol–water partition coefficient (Wildman–Crippen LogP) is 1.86. The third-order valence-corrected chi connectivity index (χ3v) is 2.04. The molecule has 1 aliphatic heterocycles. The van der Waals surface area contributed by atoms with Gasteiger partial charge >= 0.3 is 7.48 Å². The van der Waals surface area contributed by atoms with Crippen molar-refractivity contribution in [2.75, 3.05) is 0 Å². The SMILES string of the molecule is N=C/C=C\c1cccc2c1C[B]O2. The van der Waals surface area contributed by atoms with Gasteiger partial charge in [-0.1, -0.05) is 18.2 Å². The summed E-state index contributed by atoms with van der Waals surface area (Å²) in [6.07, 6.45) is 5.77. The van der Waals surface area contributed by atoms with Gasteiger partial charge in [-0.2, -0.15) is 0 Å². The number of fused-ring (bicyclic) bond motifs is 1. The van der Waals surface area contributed by atoms with Crippen LogP contribution in [0.5, 0.6) is 5.75 Å². The van der Waals surface area contributed by atoms with E-state index in [2.05, 4.69) is 0 Å². The number of rotatable bonds is 2. The number of hydrogen-bond acceptors (Lipinski definition) is 2. The third-order valence-electron chi connectivity index (χ3n) is 2.04. The molecule has 0 fully saturated rings. The second kappa shape index (κ2) is 3.48. The molecule has 13 heavy (non-hydrogen) atoms. The quantitative estimate of drug-likeness (QED) is 0.533. The van der Waals surface area contributed by atoms with Crippen molar-refractivity contribution >= 4 is 19.8 Å². The van der Waals surface area contributed by atoms with Crippen LogP contribution in [0.4, 0.5) is 0 Å². The largest absolute Gasteiger partial charge is 0.563 e. The third kappa shape index (κ3) is 1.50. The van der Waals surface area contributed by atoms with Gasteiger partial charge in [0.15, 0.2) is 0 Å². The molecule has 63 valence electrons. The second-order valence-corrected chi connectivity index (χ2v) is 2.84. The summed E-state index contributed by atoms with van der Waals surface area (Å²) in [5.74, 6) is 0.937. The maximum Gasteiger partial charge on any atom is 0.374 e. The van der Waals surface area contributed by atoms with Crippen molar-refractivity contribution in [1.82, 2.24) is 0 Å². The topological polar surface area (TPSA) is 33.1 Å². The van der Waals surface area contributed by atoms with Gasteiger partial charge < -0.3 is 10.1 Å². The zero-order chi connectivity index (χ0) is 9.10. The highest BCUT2D eigenvalue weighted by Crippen LogP contribution is 2.27. The molecule has 1 N–H and O–H groups in total. The highest BCUT2D eigenvalue weighted by atomic mass is 16.4. The van der Waals surface area contributed by atoms with Crippen LogP contribution in [0.3, 0.4) is 0 Å². The summed E-state index contributed by atoms with van der Waals surface area (Å²) < 4.78 is 5.30. The molecule has 1 aliphatic rings. The first-order valence-electron chi connectivity index (χ1n) is 4.19. The number of nitrogens with one attached hydrogen (secondary N) is 1. The lowest BCUT2D eigenvalue weighted by Gasteiger charge is -2.02. The Labute approximate surface area is 78.0 Å². The first kappa shape index (κ1) is 8.11. The molecular formula is C10H9BNO. The Kier molecular flexibility index (Phi) is 2.17. The zero-order valence-electron chi connectivity index (χ0n) is 7.16. The summed E-state index contributed by atoms with van der Waals surface area (Å²) in [7, 11) is 1.80. The number of benzene rings is 1. The molecule has 3 heteroatoms. The summed E-state index contributed by atoms with van der Waals surface area (Å²) in [5.41, 5.74) is 2.34. The van der Waals surface area contributed by atoms with Crippen molar-refractivity contribution in [2.24, 2.45) is 0 Å². The zero-order valence-corrected chi connectivity index (χ0v) is 7.16. The molecule has 1 aromatic rings. The fourth-order valence-corrected chi connectivity index (χ4v) is 1.43. The summed E-state index contributed by atoms with van der Waals surface area (Å²) in [6.45, 7) is 0. The standard InChI is InChI=1S/C10H9BNO/c12-6-2-4-8-3-1-5-10-9(8)7-11-13-10/h1-6,12H,7H2/b4-2-,12-6?. The molecule has 1 heterocycles. The minimum Gasteiger partial charge on any atom is -0.563 e. The van der Waals surface area contributed by atoms with Crippen LogP contribution in [-0.2, 0) is 6.32 Å². The van der Waals surface area contributed by atoms with Crippen molar-refractivity contribution in [3.05, 3.63) is 35.4 Å². The van der Waals surface area contributed by atoms with E-state index >= 15 is 0 Å². The molecule has 0 atom stereocenters. The van der Waals surface area contributed by atoms with E-state index in [1.165, 1.54) is 11.8 Å². The molecule has 1 aromatic carbocycles. The monoisotopic (exact) mass is 170 g/mol. The van der Waals surface area contributed by atoms with Crippen LogP contribution >= 0.6 is 0 Å². The average molecular weight is 170 g/mol. The van der Waals surface area contributed by atoms with E-state index in [0.29, 0.717) is 0 Å². The molecule has 0 bridgehead atoms. The van der Waals surface area contributed by atoms with E-state index < -0.39 is 0 Å². The summed E-state index contributed by atoms with van der Waals surface area (Å²) in [6, 6.07) is 5.95. The Morgan fingerprint density at radius 1 is 1.46 bits per heavy atom. The average Bonchev–Trinajstić information content (AvgIpc) is 2.62. The lowest BCUT2D eigenvalue weighted by atomic mass is 9.90. The van der Waals surface area contributed by atoms with Crippen LogP contribution in [0.2, 0.25) is 0 Å². The fraction of sp³-hybridized carbons (Fsp3) is 0.100. The normalized spacial score (nSPS) is 13.5.